The first-order chi connectivity index (χ1) is 10.2. The van der Waals surface area contributed by atoms with Crippen LogP contribution in [0.25, 0.3) is 10.9 Å². The number of hydrogen-bond donors (Lipinski definition) is 1. The number of pyridine rings is 1. The molecule has 0 saturated carbocycles. The Bertz CT molecular complexity index is 808. The van der Waals surface area contributed by atoms with Gasteiger partial charge < -0.3 is 4.42 Å². The van der Waals surface area contributed by atoms with Crippen molar-refractivity contribution in [3.05, 3.63) is 65.7 Å². The standard InChI is InChI=1S/C16H13N3O2/c1-11-14(9-12-5-2-3-7-15(12)18-11)16(20)19-17-10-13-6-4-8-21-13/h2-10H,1H3,(H,19,20)/b17-10-. The van der Waals surface area contributed by atoms with Gasteiger partial charge in [-0.25, -0.2) is 5.43 Å². The SMILES string of the molecule is Cc1nc2ccccc2cc1C(=O)N/N=C\c1ccco1. The molecule has 1 amide bonds. The normalized spacial score (nSPS) is 11.1. The minimum atomic E-state index is -0.298. The van der Waals surface area contributed by atoms with Crippen molar-refractivity contribution in [3.63, 3.8) is 0 Å². The van der Waals surface area contributed by atoms with Crippen molar-refractivity contribution in [3.8, 4) is 0 Å². The number of amides is 1. The number of furan rings is 1. The van der Waals surface area contributed by atoms with Crippen LogP contribution in [0.1, 0.15) is 21.8 Å². The molecule has 21 heavy (non-hydrogen) atoms. The molecule has 104 valence electrons. The van der Waals surface area contributed by atoms with Crippen molar-refractivity contribution in [2.75, 3.05) is 0 Å². The van der Waals surface area contributed by atoms with E-state index in [0.717, 1.165) is 10.9 Å². The molecule has 2 heterocycles. The maximum absolute atomic E-state index is 12.1. The predicted molar refractivity (Wildman–Crippen MR) is 80.2 cm³/mol. The summed E-state index contributed by atoms with van der Waals surface area (Å²) in [6.45, 7) is 1.80. The fraction of sp³-hybridized carbons (Fsp3) is 0.0625. The molecule has 0 radical (unpaired) electrons. The Kier molecular flexibility index (Phi) is 3.47. The zero-order chi connectivity index (χ0) is 14.7. The molecule has 5 heteroatoms. The zero-order valence-electron chi connectivity index (χ0n) is 11.4. The molecule has 0 saturated heterocycles. The number of nitrogens with zero attached hydrogens (tertiary/aromatic N) is 2. The Morgan fingerprint density at radius 3 is 2.95 bits per heavy atom. The van der Waals surface area contributed by atoms with Crippen molar-refractivity contribution in [2.45, 2.75) is 6.92 Å². The van der Waals surface area contributed by atoms with E-state index in [1.165, 1.54) is 6.21 Å². The van der Waals surface area contributed by atoms with E-state index >= 15 is 0 Å². The van der Waals surface area contributed by atoms with Crippen LogP contribution < -0.4 is 5.43 Å². The lowest BCUT2D eigenvalue weighted by Gasteiger charge is -2.05. The van der Waals surface area contributed by atoms with Gasteiger partial charge in [-0.15, -0.1) is 0 Å². The molecule has 1 N–H and O–H groups in total. The van der Waals surface area contributed by atoms with Gasteiger partial charge in [-0.05, 0) is 31.2 Å². The van der Waals surface area contributed by atoms with E-state index in [1.807, 2.05) is 30.3 Å². The summed E-state index contributed by atoms with van der Waals surface area (Å²) < 4.78 is 5.09. The molecule has 3 rings (SSSR count). The van der Waals surface area contributed by atoms with Gasteiger partial charge in [-0.2, -0.15) is 5.10 Å². The third-order valence-corrected chi connectivity index (χ3v) is 3.06. The molecule has 0 bridgehead atoms. The maximum atomic E-state index is 12.1. The van der Waals surface area contributed by atoms with E-state index in [9.17, 15) is 4.79 Å². The molecule has 2 aromatic heterocycles. The molecule has 3 aromatic rings. The summed E-state index contributed by atoms with van der Waals surface area (Å²) in [5.41, 5.74) is 4.51. The van der Waals surface area contributed by atoms with Gasteiger partial charge in [-0.3, -0.25) is 9.78 Å². The second-order valence-corrected chi connectivity index (χ2v) is 4.53. The number of hydrogen-bond acceptors (Lipinski definition) is 4. The lowest BCUT2D eigenvalue weighted by molar-refractivity contribution is 0.0954. The summed E-state index contributed by atoms with van der Waals surface area (Å²) in [7, 11) is 0. The molecular formula is C16H13N3O2. The lowest BCUT2D eigenvalue weighted by atomic mass is 10.1. The van der Waals surface area contributed by atoms with Crippen molar-refractivity contribution in [1.29, 1.82) is 0 Å². The van der Waals surface area contributed by atoms with Crippen molar-refractivity contribution >= 4 is 23.0 Å². The van der Waals surface area contributed by atoms with Crippen molar-refractivity contribution < 1.29 is 9.21 Å². The number of rotatable bonds is 3. The average Bonchev–Trinajstić information content (AvgIpc) is 2.99. The third-order valence-electron chi connectivity index (χ3n) is 3.06. The fourth-order valence-electron chi connectivity index (χ4n) is 2.02. The van der Waals surface area contributed by atoms with Crippen LogP contribution in [0.15, 0.2) is 58.2 Å². The monoisotopic (exact) mass is 279 g/mol. The summed E-state index contributed by atoms with van der Waals surface area (Å²) in [5.74, 6) is 0.275. The van der Waals surface area contributed by atoms with Crippen LogP contribution in [0.2, 0.25) is 0 Å². The first-order valence-corrected chi connectivity index (χ1v) is 6.47. The number of carbonyl (C=O) groups excluding carboxylic acids is 1. The van der Waals surface area contributed by atoms with Gasteiger partial charge in [0.1, 0.15) is 5.76 Å². The van der Waals surface area contributed by atoms with Gasteiger partial charge in [-0.1, -0.05) is 18.2 Å². The second-order valence-electron chi connectivity index (χ2n) is 4.53. The first kappa shape index (κ1) is 13.1. The van der Waals surface area contributed by atoms with E-state index < -0.39 is 0 Å². The minimum Gasteiger partial charge on any atom is -0.463 e. The molecule has 0 aliphatic heterocycles. The van der Waals surface area contributed by atoms with E-state index in [2.05, 4.69) is 15.5 Å². The van der Waals surface area contributed by atoms with Crippen LogP contribution in [-0.4, -0.2) is 17.1 Å². The number of aryl methyl sites for hydroxylation is 1. The Hall–Kier alpha value is -2.95. The molecule has 0 aliphatic carbocycles. The molecule has 0 fully saturated rings. The van der Waals surface area contributed by atoms with E-state index in [-0.39, 0.29) is 5.91 Å². The highest BCUT2D eigenvalue weighted by atomic mass is 16.3. The van der Waals surface area contributed by atoms with Gasteiger partial charge in [0.2, 0.25) is 0 Å². The van der Waals surface area contributed by atoms with Crippen molar-refractivity contribution in [1.82, 2.24) is 10.4 Å². The molecule has 0 spiro atoms. The second kappa shape index (κ2) is 5.58. The number of benzene rings is 1. The summed E-state index contributed by atoms with van der Waals surface area (Å²) in [6.07, 6.45) is 2.99. The first-order valence-electron chi connectivity index (χ1n) is 6.47. The summed E-state index contributed by atoms with van der Waals surface area (Å²) >= 11 is 0. The highest BCUT2D eigenvalue weighted by molar-refractivity contribution is 5.98. The van der Waals surface area contributed by atoms with Crippen molar-refractivity contribution in [2.24, 2.45) is 5.10 Å². The van der Waals surface area contributed by atoms with E-state index in [4.69, 9.17) is 4.42 Å². The average molecular weight is 279 g/mol. The number of nitrogens with one attached hydrogen (secondary N) is 1. The van der Waals surface area contributed by atoms with Gasteiger partial charge in [0.05, 0.1) is 29.3 Å². The Morgan fingerprint density at radius 1 is 1.29 bits per heavy atom. The quantitative estimate of drug-likeness (QED) is 0.592. The number of aromatic nitrogens is 1. The predicted octanol–water partition coefficient (Wildman–Crippen LogP) is 2.90. The van der Waals surface area contributed by atoms with Crippen LogP contribution in [0, 0.1) is 6.92 Å². The number of para-hydroxylation sites is 1. The highest BCUT2D eigenvalue weighted by Crippen LogP contribution is 2.16. The molecule has 0 unspecified atom stereocenters. The number of hydrazone groups is 1. The van der Waals surface area contributed by atoms with Crippen LogP contribution >= 0.6 is 0 Å². The number of carbonyl (C=O) groups is 1. The minimum absolute atomic E-state index is 0.298. The van der Waals surface area contributed by atoms with Gasteiger partial charge in [0.25, 0.3) is 5.91 Å². The summed E-state index contributed by atoms with van der Waals surface area (Å²) in [6, 6.07) is 13.0. The van der Waals surface area contributed by atoms with Crippen LogP contribution in [-0.2, 0) is 0 Å². The smallest absolute Gasteiger partial charge is 0.273 e. The maximum Gasteiger partial charge on any atom is 0.273 e. The van der Waals surface area contributed by atoms with Gasteiger partial charge in [0, 0.05) is 5.39 Å². The van der Waals surface area contributed by atoms with E-state index in [0.29, 0.717) is 17.0 Å². The fourth-order valence-corrected chi connectivity index (χ4v) is 2.02. The van der Waals surface area contributed by atoms with Gasteiger partial charge in [0.15, 0.2) is 0 Å². The number of fused-ring (bicyclic) bond motifs is 1. The topological polar surface area (TPSA) is 67.5 Å². The Morgan fingerprint density at radius 2 is 2.14 bits per heavy atom. The van der Waals surface area contributed by atoms with Gasteiger partial charge >= 0.3 is 0 Å². The molecule has 1 aromatic carbocycles. The molecule has 0 aliphatic rings. The molecule has 0 atom stereocenters. The van der Waals surface area contributed by atoms with E-state index in [1.54, 1.807) is 25.3 Å². The Balaban J connectivity index is 1.82. The molecule has 5 nitrogen and oxygen atoms in total. The summed E-state index contributed by atoms with van der Waals surface area (Å²) in [4.78, 5) is 16.6. The van der Waals surface area contributed by atoms with Crippen LogP contribution in [0.5, 0.6) is 0 Å². The summed E-state index contributed by atoms with van der Waals surface area (Å²) in [5, 5.41) is 4.78. The lowest BCUT2D eigenvalue weighted by Crippen LogP contribution is -2.19. The zero-order valence-corrected chi connectivity index (χ0v) is 11.4. The highest BCUT2D eigenvalue weighted by Gasteiger charge is 2.10. The van der Waals surface area contributed by atoms with Crippen LogP contribution in [0.4, 0.5) is 0 Å². The third kappa shape index (κ3) is 2.81. The Labute approximate surface area is 121 Å². The molecular weight excluding hydrogens is 266 g/mol. The van der Waals surface area contributed by atoms with Crippen LogP contribution in [0.3, 0.4) is 0 Å². The largest absolute Gasteiger partial charge is 0.463 e.